The van der Waals surface area contributed by atoms with Gasteiger partial charge in [-0.2, -0.15) is 5.10 Å². The maximum Gasteiger partial charge on any atom is 0.272 e. The molecule has 1 saturated heterocycles. The highest BCUT2D eigenvalue weighted by atomic mass is 35.5. The third-order valence-corrected chi connectivity index (χ3v) is 5.16. The van der Waals surface area contributed by atoms with E-state index in [0.717, 1.165) is 17.8 Å². The number of hydrogen-bond donors (Lipinski definition) is 0. The normalized spacial score (nSPS) is 14.3. The van der Waals surface area contributed by atoms with Crippen molar-refractivity contribution >= 4 is 23.2 Å². The van der Waals surface area contributed by atoms with Crippen molar-refractivity contribution in [1.29, 1.82) is 0 Å². The van der Waals surface area contributed by atoms with Gasteiger partial charge in [-0.1, -0.05) is 17.7 Å². The summed E-state index contributed by atoms with van der Waals surface area (Å²) in [6, 6.07) is 12.4. The van der Waals surface area contributed by atoms with Crippen molar-refractivity contribution in [3.8, 4) is 5.69 Å². The van der Waals surface area contributed by atoms with Crippen LogP contribution in [0.5, 0.6) is 0 Å². The Morgan fingerprint density at radius 3 is 2.48 bits per heavy atom. The van der Waals surface area contributed by atoms with Gasteiger partial charge in [0.2, 0.25) is 0 Å². The van der Waals surface area contributed by atoms with Gasteiger partial charge < -0.3 is 9.80 Å². The summed E-state index contributed by atoms with van der Waals surface area (Å²) in [5.74, 6) is -1.69. The largest absolute Gasteiger partial charge is 0.368 e. The molecule has 29 heavy (non-hydrogen) atoms. The molecular weight excluding hydrogens is 398 g/mol. The number of rotatable bonds is 3. The fourth-order valence-electron chi connectivity index (χ4n) is 3.49. The van der Waals surface area contributed by atoms with Crippen LogP contribution in [0.1, 0.15) is 16.2 Å². The fourth-order valence-corrected chi connectivity index (χ4v) is 3.68. The summed E-state index contributed by atoms with van der Waals surface area (Å²) in [4.78, 5) is 17.0. The first-order valence-electron chi connectivity index (χ1n) is 9.24. The standard InChI is InChI=1S/C21H19ClF2N4O/c1-14-11-20(28(25-14)19-6-5-16(23)13-18(19)24)21(29)27-9-7-26(8-10-27)17-4-2-3-15(22)12-17/h2-6,11-13H,7-10H2,1H3. The molecule has 8 heteroatoms. The van der Waals surface area contributed by atoms with Gasteiger partial charge in [0.25, 0.3) is 5.91 Å². The van der Waals surface area contributed by atoms with Crippen LogP contribution in [0.2, 0.25) is 5.02 Å². The third-order valence-electron chi connectivity index (χ3n) is 4.93. The molecule has 2 heterocycles. The summed E-state index contributed by atoms with van der Waals surface area (Å²) >= 11 is 6.07. The predicted octanol–water partition coefficient (Wildman–Crippen LogP) is 4.07. The van der Waals surface area contributed by atoms with Crippen molar-refractivity contribution in [2.75, 3.05) is 31.1 Å². The van der Waals surface area contributed by atoms with Crippen LogP contribution in [0.25, 0.3) is 5.69 Å². The molecule has 0 aliphatic carbocycles. The Labute approximate surface area is 172 Å². The topological polar surface area (TPSA) is 41.4 Å². The molecule has 0 N–H and O–H groups in total. The lowest BCUT2D eigenvalue weighted by Crippen LogP contribution is -2.49. The van der Waals surface area contributed by atoms with E-state index in [2.05, 4.69) is 10.00 Å². The lowest BCUT2D eigenvalue weighted by molar-refractivity contribution is 0.0737. The lowest BCUT2D eigenvalue weighted by Gasteiger charge is -2.36. The average Bonchev–Trinajstić information content (AvgIpc) is 3.09. The van der Waals surface area contributed by atoms with E-state index in [1.165, 1.54) is 10.7 Å². The second-order valence-electron chi connectivity index (χ2n) is 6.94. The summed E-state index contributed by atoms with van der Waals surface area (Å²) < 4.78 is 28.8. The monoisotopic (exact) mass is 416 g/mol. The van der Waals surface area contributed by atoms with Gasteiger partial charge in [0.05, 0.1) is 5.69 Å². The number of carbonyl (C=O) groups excluding carboxylic acids is 1. The van der Waals surface area contributed by atoms with Crippen molar-refractivity contribution in [3.63, 3.8) is 0 Å². The zero-order valence-electron chi connectivity index (χ0n) is 15.8. The van der Waals surface area contributed by atoms with Crippen LogP contribution in [0, 0.1) is 18.6 Å². The molecule has 5 nitrogen and oxygen atoms in total. The van der Waals surface area contributed by atoms with Crippen LogP contribution in [0.4, 0.5) is 14.5 Å². The van der Waals surface area contributed by atoms with E-state index in [4.69, 9.17) is 11.6 Å². The Balaban J connectivity index is 1.54. The Bertz CT molecular complexity index is 1060. The molecule has 2 aromatic carbocycles. The molecule has 1 aliphatic rings. The highest BCUT2D eigenvalue weighted by Crippen LogP contribution is 2.23. The number of aromatic nitrogens is 2. The SMILES string of the molecule is Cc1cc(C(=O)N2CCN(c3cccc(Cl)c3)CC2)n(-c2ccc(F)cc2F)n1. The molecule has 0 atom stereocenters. The minimum absolute atomic E-state index is 0.0420. The number of carbonyl (C=O) groups is 1. The van der Waals surface area contributed by atoms with Gasteiger partial charge >= 0.3 is 0 Å². The van der Waals surface area contributed by atoms with Crippen LogP contribution in [-0.4, -0.2) is 46.8 Å². The molecule has 4 rings (SSSR count). The van der Waals surface area contributed by atoms with E-state index in [1.54, 1.807) is 17.9 Å². The summed E-state index contributed by atoms with van der Waals surface area (Å²) in [6.07, 6.45) is 0. The molecule has 1 aliphatic heterocycles. The molecule has 0 radical (unpaired) electrons. The van der Waals surface area contributed by atoms with Crippen LogP contribution in [-0.2, 0) is 0 Å². The molecule has 0 bridgehead atoms. The summed E-state index contributed by atoms with van der Waals surface area (Å²) in [5, 5.41) is 4.91. The molecule has 1 fully saturated rings. The van der Waals surface area contributed by atoms with Crippen LogP contribution in [0.15, 0.2) is 48.5 Å². The first-order chi connectivity index (χ1) is 13.9. The van der Waals surface area contributed by atoms with E-state index >= 15 is 0 Å². The average molecular weight is 417 g/mol. The quantitative estimate of drug-likeness (QED) is 0.646. The molecule has 1 aromatic heterocycles. The number of halogens is 3. The van der Waals surface area contributed by atoms with Gasteiger partial charge in [0.1, 0.15) is 17.2 Å². The summed E-state index contributed by atoms with van der Waals surface area (Å²) in [7, 11) is 0. The lowest BCUT2D eigenvalue weighted by atomic mass is 10.2. The van der Waals surface area contributed by atoms with Crippen LogP contribution >= 0.6 is 11.6 Å². The zero-order chi connectivity index (χ0) is 20.5. The first kappa shape index (κ1) is 19.4. The number of anilines is 1. The molecular formula is C21H19ClF2N4O. The number of piperazine rings is 1. The van der Waals surface area contributed by atoms with E-state index in [1.807, 2.05) is 24.3 Å². The second kappa shape index (κ2) is 7.83. The van der Waals surface area contributed by atoms with Crippen molar-refractivity contribution in [2.45, 2.75) is 6.92 Å². The minimum Gasteiger partial charge on any atom is -0.368 e. The predicted molar refractivity (Wildman–Crippen MR) is 108 cm³/mol. The summed E-state index contributed by atoms with van der Waals surface area (Å²) in [6.45, 7) is 4.07. The van der Waals surface area contributed by atoms with Crippen molar-refractivity contribution < 1.29 is 13.6 Å². The van der Waals surface area contributed by atoms with Gasteiger partial charge in [-0.3, -0.25) is 4.79 Å². The first-order valence-corrected chi connectivity index (χ1v) is 9.62. The smallest absolute Gasteiger partial charge is 0.272 e. The Kier molecular flexibility index (Phi) is 5.24. The number of nitrogens with zero attached hydrogens (tertiary/aromatic N) is 4. The van der Waals surface area contributed by atoms with Gasteiger partial charge in [0.15, 0.2) is 5.82 Å². The Hall–Kier alpha value is -2.93. The van der Waals surface area contributed by atoms with Crippen LogP contribution in [0.3, 0.4) is 0 Å². The van der Waals surface area contributed by atoms with E-state index in [9.17, 15) is 13.6 Å². The second-order valence-corrected chi connectivity index (χ2v) is 7.37. The fraction of sp³-hybridized carbons (Fsp3) is 0.238. The molecule has 3 aromatic rings. The van der Waals surface area contributed by atoms with Crippen molar-refractivity contribution in [3.05, 3.63) is 76.6 Å². The number of benzene rings is 2. The van der Waals surface area contributed by atoms with Crippen molar-refractivity contribution in [1.82, 2.24) is 14.7 Å². The van der Waals surface area contributed by atoms with Gasteiger partial charge in [0, 0.05) is 43.0 Å². The Morgan fingerprint density at radius 1 is 1.03 bits per heavy atom. The zero-order valence-corrected chi connectivity index (χ0v) is 16.5. The molecule has 0 spiro atoms. The van der Waals surface area contributed by atoms with Gasteiger partial charge in [-0.15, -0.1) is 0 Å². The highest BCUT2D eigenvalue weighted by Gasteiger charge is 2.26. The molecule has 0 unspecified atom stereocenters. The van der Waals surface area contributed by atoms with Gasteiger partial charge in [-0.05, 0) is 43.3 Å². The minimum atomic E-state index is -0.770. The van der Waals surface area contributed by atoms with E-state index in [0.29, 0.717) is 36.9 Å². The van der Waals surface area contributed by atoms with Crippen LogP contribution < -0.4 is 4.90 Å². The maximum atomic E-state index is 14.3. The number of hydrogen-bond acceptors (Lipinski definition) is 3. The molecule has 1 amide bonds. The van der Waals surface area contributed by atoms with E-state index in [-0.39, 0.29) is 17.3 Å². The van der Waals surface area contributed by atoms with E-state index < -0.39 is 11.6 Å². The molecule has 150 valence electrons. The third kappa shape index (κ3) is 3.96. The number of aryl methyl sites for hydroxylation is 1. The van der Waals surface area contributed by atoms with Gasteiger partial charge in [-0.25, -0.2) is 13.5 Å². The Morgan fingerprint density at radius 2 is 1.79 bits per heavy atom. The highest BCUT2D eigenvalue weighted by molar-refractivity contribution is 6.30. The number of amides is 1. The molecule has 0 saturated carbocycles. The maximum absolute atomic E-state index is 14.3. The van der Waals surface area contributed by atoms with Crippen molar-refractivity contribution in [2.24, 2.45) is 0 Å². The summed E-state index contributed by atoms with van der Waals surface area (Å²) in [5.41, 5.74) is 1.89.